The van der Waals surface area contributed by atoms with Crippen molar-refractivity contribution in [3.05, 3.63) is 34.9 Å². The molecule has 0 spiro atoms. The number of hydrogen-bond donors (Lipinski definition) is 2. The summed E-state index contributed by atoms with van der Waals surface area (Å²) in [5.74, 6) is 0. The molecular formula is C11H15N3O. The van der Waals surface area contributed by atoms with E-state index in [1.807, 2.05) is 32.9 Å². The van der Waals surface area contributed by atoms with E-state index in [2.05, 4.69) is 16.6 Å². The molecule has 15 heavy (non-hydrogen) atoms. The van der Waals surface area contributed by atoms with Gasteiger partial charge in [-0.15, -0.1) is 0 Å². The number of nitrogens with zero attached hydrogens (tertiary/aromatic N) is 1. The Morgan fingerprint density at radius 3 is 2.60 bits per heavy atom. The molecule has 0 saturated heterocycles. The van der Waals surface area contributed by atoms with Gasteiger partial charge in [-0.2, -0.15) is 5.10 Å². The van der Waals surface area contributed by atoms with Gasteiger partial charge in [-0.3, -0.25) is 0 Å². The second-order valence-corrected chi connectivity index (χ2v) is 3.49. The molecule has 0 bridgehead atoms. The third kappa shape index (κ3) is 3.09. The summed E-state index contributed by atoms with van der Waals surface area (Å²) in [6.07, 6.45) is 0. The predicted octanol–water partition coefficient (Wildman–Crippen LogP) is 1.70. The van der Waals surface area contributed by atoms with Crippen LogP contribution in [-0.2, 0) is 0 Å². The van der Waals surface area contributed by atoms with Gasteiger partial charge in [0, 0.05) is 5.56 Å². The summed E-state index contributed by atoms with van der Waals surface area (Å²) in [5.41, 5.74) is 11.2. The number of nitrogens with one attached hydrogen (secondary N) is 1. The Morgan fingerprint density at radius 2 is 2.07 bits per heavy atom. The highest BCUT2D eigenvalue weighted by molar-refractivity contribution is 6.00. The van der Waals surface area contributed by atoms with Crippen LogP contribution in [0.25, 0.3) is 0 Å². The highest BCUT2D eigenvalue weighted by atomic mass is 16.2. The van der Waals surface area contributed by atoms with Crippen LogP contribution in [0.2, 0.25) is 0 Å². The summed E-state index contributed by atoms with van der Waals surface area (Å²) in [6, 6.07) is 5.40. The minimum Gasteiger partial charge on any atom is -0.350 e. The zero-order valence-corrected chi connectivity index (χ0v) is 9.16. The number of nitrogens with two attached hydrogens (primary N) is 1. The van der Waals surface area contributed by atoms with Crippen LogP contribution in [0.3, 0.4) is 0 Å². The van der Waals surface area contributed by atoms with E-state index in [9.17, 15) is 4.79 Å². The van der Waals surface area contributed by atoms with Crippen LogP contribution in [-0.4, -0.2) is 11.7 Å². The Labute approximate surface area is 89.2 Å². The van der Waals surface area contributed by atoms with Crippen molar-refractivity contribution in [2.24, 2.45) is 10.8 Å². The summed E-state index contributed by atoms with van der Waals surface area (Å²) >= 11 is 0. The number of hydrogen-bond acceptors (Lipinski definition) is 2. The van der Waals surface area contributed by atoms with E-state index in [-0.39, 0.29) is 0 Å². The number of amides is 2. The lowest BCUT2D eigenvalue weighted by molar-refractivity contribution is 0.249. The van der Waals surface area contributed by atoms with Gasteiger partial charge < -0.3 is 5.73 Å². The Balaban J connectivity index is 2.95. The van der Waals surface area contributed by atoms with Crippen LogP contribution < -0.4 is 11.2 Å². The number of rotatable bonds is 2. The molecule has 80 valence electrons. The molecule has 4 nitrogen and oxygen atoms in total. The molecular weight excluding hydrogens is 190 g/mol. The zero-order valence-electron chi connectivity index (χ0n) is 9.16. The minimum absolute atomic E-state index is 0.654. The normalized spacial score (nSPS) is 11.3. The van der Waals surface area contributed by atoms with Crippen LogP contribution in [0.1, 0.15) is 23.6 Å². The number of aryl methyl sites for hydroxylation is 2. The predicted molar refractivity (Wildman–Crippen MR) is 60.8 cm³/mol. The summed E-state index contributed by atoms with van der Waals surface area (Å²) in [5, 5.41) is 3.88. The smallest absolute Gasteiger partial charge is 0.332 e. The number of urea groups is 1. The van der Waals surface area contributed by atoms with E-state index in [1.165, 1.54) is 5.56 Å². The van der Waals surface area contributed by atoms with Gasteiger partial charge in [0.15, 0.2) is 0 Å². The third-order valence-corrected chi connectivity index (χ3v) is 2.11. The van der Waals surface area contributed by atoms with Crippen molar-refractivity contribution in [1.29, 1.82) is 0 Å². The summed E-state index contributed by atoms with van der Waals surface area (Å²) in [4.78, 5) is 10.5. The first-order chi connectivity index (χ1) is 7.00. The summed E-state index contributed by atoms with van der Waals surface area (Å²) in [6.45, 7) is 5.87. The molecule has 0 heterocycles. The quantitative estimate of drug-likeness (QED) is 0.560. The van der Waals surface area contributed by atoms with E-state index in [4.69, 9.17) is 5.73 Å². The minimum atomic E-state index is -0.654. The Kier molecular flexibility index (Phi) is 3.44. The van der Waals surface area contributed by atoms with E-state index in [0.29, 0.717) is 0 Å². The first-order valence-electron chi connectivity index (χ1n) is 4.68. The standard InChI is InChI=1S/C11H15N3O/c1-7-4-5-10(8(2)6-7)9(3)13-14-11(12)15/h4-6H,1-3H3,(H3,12,14,15)/b13-9+. The monoisotopic (exact) mass is 205 g/mol. The van der Waals surface area contributed by atoms with Crippen molar-refractivity contribution in [3.63, 3.8) is 0 Å². The van der Waals surface area contributed by atoms with Gasteiger partial charge in [0.2, 0.25) is 0 Å². The topological polar surface area (TPSA) is 67.5 Å². The molecule has 1 aromatic rings. The summed E-state index contributed by atoms with van der Waals surface area (Å²) in [7, 11) is 0. The van der Waals surface area contributed by atoms with Gasteiger partial charge >= 0.3 is 6.03 Å². The molecule has 1 rings (SSSR count). The van der Waals surface area contributed by atoms with Gasteiger partial charge in [0.25, 0.3) is 0 Å². The molecule has 0 radical (unpaired) electrons. The van der Waals surface area contributed by atoms with Crippen LogP contribution in [0.4, 0.5) is 4.79 Å². The Morgan fingerprint density at radius 1 is 1.40 bits per heavy atom. The molecule has 0 aliphatic rings. The van der Waals surface area contributed by atoms with Crippen LogP contribution >= 0.6 is 0 Å². The molecule has 0 aliphatic carbocycles. The second kappa shape index (κ2) is 4.59. The summed E-state index contributed by atoms with van der Waals surface area (Å²) < 4.78 is 0. The molecule has 3 N–H and O–H groups in total. The van der Waals surface area contributed by atoms with Crippen LogP contribution in [0.5, 0.6) is 0 Å². The molecule has 0 unspecified atom stereocenters. The van der Waals surface area contributed by atoms with Gasteiger partial charge in [0.05, 0.1) is 5.71 Å². The van der Waals surface area contributed by atoms with Gasteiger partial charge in [-0.25, -0.2) is 10.2 Å². The van der Waals surface area contributed by atoms with Crippen molar-refractivity contribution in [3.8, 4) is 0 Å². The Bertz CT molecular complexity index is 410. The second-order valence-electron chi connectivity index (χ2n) is 3.49. The van der Waals surface area contributed by atoms with Gasteiger partial charge in [-0.05, 0) is 26.3 Å². The first kappa shape index (κ1) is 11.2. The van der Waals surface area contributed by atoms with Crippen LogP contribution in [0.15, 0.2) is 23.3 Å². The maximum absolute atomic E-state index is 10.5. The molecule has 0 aromatic heterocycles. The van der Waals surface area contributed by atoms with E-state index in [0.717, 1.165) is 16.8 Å². The largest absolute Gasteiger partial charge is 0.350 e. The molecule has 0 aliphatic heterocycles. The lowest BCUT2D eigenvalue weighted by Gasteiger charge is -2.06. The first-order valence-corrected chi connectivity index (χ1v) is 4.68. The molecule has 0 atom stereocenters. The van der Waals surface area contributed by atoms with E-state index >= 15 is 0 Å². The lowest BCUT2D eigenvalue weighted by Crippen LogP contribution is -2.25. The number of carbonyl (C=O) groups is 1. The van der Waals surface area contributed by atoms with Crippen LogP contribution in [0, 0.1) is 13.8 Å². The molecule has 1 aromatic carbocycles. The molecule has 2 amide bonds. The van der Waals surface area contributed by atoms with E-state index < -0.39 is 6.03 Å². The SMILES string of the molecule is C/C(=N\NC(N)=O)c1ccc(C)cc1C. The van der Waals surface area contributed by atoms with Gasteiger partial charge in [0.1, 0.15) is 0 Å². The number of carbonyl (C=O) groups excluding carboxylic acids is 1. The van der Waals surface area contributed by atoms with E-state index in [1.54, 1.807) is 0 Å². The number of primary amides is 1. The highest BCUT2D eigenvalue weighted by Crippen LogP contribution is 2.11. The van der Waals surface area contributed by atoms with Crippen molar-refractivity contribution in [1.82, 2.24) is 5.43 Å². The maximum Gasteiger partial charge on any atom is 0.332 e. The fourth-order valence-corrected chi connectivity index (χ4v) is 1.42. The average molecular weight is 205 g/mol. The molecule has 0 fully saturated rings. The Hall–Kier alpha value is -1.84. The molecule has 0 saturated carbocycles. The lowest BCUT2D eigenvalue weighted by atomic mass is 10.0. The van der Waals surface area contributed by atoms with Crippen molar-refractivity contribution >= 4 is 11.7 Å². The number of hydrazone groups is 1. The fraction of sp³-hybridized carbons (Fsp3) is 0.273. The molecule has 4 heteroatoms. The van der Waals surface area contributed by atoms with Crippen molar-refractivity contribution in [2.75, 3.05) is 0 Å². The van der Waals surface area contributed by atoms with Crippen molar-refractivity contribution < 1.29 is 4.79 Å². The third-order valence-electron chi connectivity index (χ3n) is 2.11. The maximum atomic E-state index is 10.5. The number of benzene rings is 1. The van der Waals surface area contributed by atoms with Gasteiger partial charge in [-0.1, -0.05) is 23.8 Å². The highest BCUT2D eigenvalue weighted by Gasteiger charge is 2.02. The van der Waals surface area contributed by atoms with Crippen molar-refractivity contribution in [2.45, 2.75) is 20.8 Å². The zero-order chi connectivity index (χ0) is 11.4. The average Bonchev–Trinajstić information content (AvgIpc) is 2.14. The fourth-order valence-electron chi connectivity index (χ4n) is 1.42.